The summed E-state index contributed by atoms with van der Waals surface area (Å²) in [7, 11) is 0. The Kier molecular flexibility index (Phi) is 6.40. The van der Waals surface area contributed by atoms with Crippen molar-refractivity contribution in [2.24, 2.45) is 0 Å². The largest absolute Gasteiger partial charge is 0.309 e. The van der Waals surface area contributed by atoms with Gasteiger partial charge in [0.1, 0.15) is 5.82 Å². The molecule has 1 aliphatic rings. The fraction of sp³-hybridized carbons (Fsp3) is 0.688. The standard InChI is InChI=1S/C16H26FN3/c1-14(16-8-7-15(17)13-19-16)18-9-6-12-20-10-4-2-3-5-11-20/h7-8,13-14,18H,2-6,9-12H2,1H3/t14-/m0/s1. The van der Waals surface area contributed by atoms with Gasteiger partial charge < -0.3 is 10.2 Å². The van der Waals surface area contributed by atoms with E-state index in [4.69, 9.17) is 0 Å². The van der Waals surface area contributed by atoms with Crippen molar-refractivity contribution in [3.63, 3.8) is 0 Å². The molecule has 1 aromatic rings. The van der Waals surface area contributed by atoms with Gasteiger partial charge in [0.25, 0.3) is 0 Å². The van der Waals surface area contributed by atoms with Gasteiger partial charge in [0, 0.05) is 6.04 Å². The minimum Gasteiger partial charge on any atom is -0.309 e. The second-order valence-corrected chi connectivity index (χ2v) is 5.69. The van der Waals surface area contributed by atoms with Crippen molar-refractivity contribution >= 4 is 0 Å². The van der Waals surface area contributed by atoms with Crippen LogP contribution in [0.5, 0.6) is 0 Å². The number of halogens is 1. The van der Waals surface area contributed by atoms with E-state index in [-0.39, 0.29) is 11.9 Å². The Hall–Kier alpha value is -1.00. The summed E-state index contributed by atoms with van der Waals surface area (Å²) in [6, 6.07) is 3.40. The SMILES string of the molecule is C[C@H](NCCCN1CCCCCC1)c1ccc(F)cn1. The van der Waals surface area contributed by atoms with Crippen LogP contribution in [0.2, 0.25) is 0 Å². The molecule has 1 fully saturated rings. The fourth-order valence-corrected chi connectivity index (χ4v) is 2.73. The van der Waals surface area contributed by atoms with Crippen LogP contribution in [0, 0.1) is 5.82 Å². The Bertz CT molecular complexity index is 372. The summed E-state index contributed by atoms with van der Waals surface area (Å²) in [4.78, 5) is 6.69. The van der Waals surface area contributed by atoms with Gasteiger partial charge in [-0.15, -0.1) is 0 Å². The number of nitrogens with zero attached hydrogens (tertiary/aromatic N) is 2. The Morgan fingerprint density at radius 2 is 2.00 bits per heavy atom. The Balaban J connectivity index is 1.63. The van der Waals surface area contributed by atoms with Gasteiger partial charge >= 0.3 is 0 Å². The molecule has 0 bridgehead atoms. The predicted molar refractivity (Wildman–Crippen MR) is 80.1 cm³/mol. The van der Waals surface area contributed by atoms with Crippen LogP contribution in [0.4, 0.5) is 4.39 Å². The number of nitrogens with one attached hydrogen (secondary N) is 1. The maximum atomic E-state index is 12.8. The molecule has 0 radical (unpaired) electrons. The lowest BCUT2D eigenvalue weighted by molar-refractivity contribution is 0.278. The molecule has 112 valence electrons. The van der Waals surface area contributed by atoms with Crippen molar-refractivity contribution < 1.29 is 4.39 Å². The number of hydrogen-bond donors (Lipinski definition) is 1. The Morgan fingerprint density at radius 1 is 1.25 bits per heavy atom. The molecule has 4 heteroatoms. The van der Waals surface area contributed by atoms with E-state index in [1.807, 2.05) is 0 Å². The van der Waals surface area contributed by atoms with Crippen LogP contribution in [0.25, 0.3) is 0 Å². The lowest BCUT2D eigenvalue weighted by atomic mass is 10.2. The second kappa shape index (κ2) is 8.32. The highest BCUT2D eigenvalue weighted by Crippen LogP contribution is 2.11. The maximum absolute atomic E-state index is 12.8. The smallest absolute Gasteiger partial charge is 0.141 e. The van der Waals surface area contributed by atoms with Crippen LogP contribution in [-0.4, -0.2) is 36.1 Å². The number of aromatic nitrogens is 1. The lowest BCUT2D eigenvalue weighted by Crippen LogP contribution is -2.29. The topological polar surface area (TPSA) is 28.2 Å². The van der Waals surface area contributed by atoms with E-state index in [2.05, 4.69) is 22.1 Å². The molecule has 0 aliphatic carbocycles. The van der Waals surface area contributed by atoms with Gasteiger partial charge in [0.2, 0.25) is 0 Å². The molecule has 1 N–H and O–H groups in total. The highest BCUT2D eigenvalue weighted by Gasteiger charge is 2.09. The molecule has 2 heterocycles. The number of rotatable bonds is 6. The van der Waals surface area contributed by atoms with Crippen molar-refractivity contribution in [1.82, 2.24) is 15.2 Å². The molecule has 1 aromatic heterocycles. The van der Waals surface area contributed by atoms with Gasteiger partial charge in [0.15, 0.2) is 0 Å². The molecule has 2 rings (SSSR count). The molecule has 0 unspecified atom stereocenters. The lowest BCUT2D eigenvalue weighted by Gasteiger charge is -2.20. The second-order valence-electron chi connectivity index (χ2n) is 5.69. The van der Waals surface area contributed by atoms with E-state index < -0.39 is 0 Å². The van der Waals surface area contributed by atoms with Crippen LogP contribution in [0.3, 0.4) is 0 Å². The van der Waals surface area contributed by atoms with E-state index in [0.29, 0.717) is 0 Å². The molecule has 1 aliphatic heterocycles. The summed E-state index contributed by atoms with van der Waals surface area (Å²) >= 11 is 0. The Labute approximate surface area is 121 Å². The van der Waals surface area contributed by atoms with E-state index >= 15 is 0 Å². The average Bonchev–Trinajstić information content (AvgIpc) is 2.73. The van der Waals surface area contributed by atoms with Crippen LogP contribution in [0.15, 0.2) is 18.3 Å². The van der Waals surface area contributed by atoms with E-state index in [1.54, 1.807) is 6.07 Å². The van der Waals surface area contributed by atoms with Crippen molar-refractivity contribution in [3.05, 3.63) is 29.8 Å². The first kappa shape index (κ1) is 15.4. The van der Waals surface area contributed by atoms with E-state index in [0.717, 1.165) is 18.7 Å². The number of pyridine rings is 1. The first-order chi connectivity index (χ1) is 9.75. The van der Waals surface area contributed by atoms with Gasteiger partial charge in [-0.05, 0) is 64.5 Å². The van der Waals surface area contributed by atoms with Crippen LogP contribution < -0.4 is 5.32 Å². The highest BCUT2D eigenvalue weighted by atomic mass is 19.1. The van der Waals surface area contributed by atoms with Crippen molar-refractivity contribution in [3.8, 4) is 0 Å². The molecular formula is C16H26FN3. The van der Waals surface area contributed by atoms with E-state index in [1.165, 1.54) is 57.6 Å². The quantitative estimate of drug-likeness (QED) is 0.811. The Morgan fingerprint density at radius 3 is 2.65 bits per heavy atom. The first-order valence-electron chi connectivity index (χ1n) is 7.83. The van der Waals surface area contributed by atoms with Crippen molar-refractivity contribution in [1.29, 1.82) is 0 Å². The van der Waals surface area contributed by atoms with E-state index in [9.17, 15) is 4.39 Å². The zero-order valence-corrected chi connectivity index (χ0v) is 12.4. The minimum absolute atomic E-state index is 0.180. The molecule has 0 saturated carbocycles. The van der Waals surface area contributed by atoms with Crippen LogP contribution >= 0.6 is 0 Å². The molecule has 0 amide bonds. The molecular weight excluding hydrogens is 253 g/mol. The highest BCUT2D eigenvalue weighted by molar-refractivity contribution is 5.08. The molecule has 1 saturated heterocycles. The normalized spacial score (nSPS) is 18.7. The van der Waals surface area contributed by atoms with Gasteiger partial charge in [0.05, 0.1) is 11.9 Å². The first-order valence-corrected chi connectivity index (χ1v) is 7.83. The number of likely N-dealkylation sites (tertiary alicyclic amines) is 1. The molecule has 20 heavy (non-hydrogen) atoms. The third kappa shape index (κ3) is 5.17. The fourth-order valence-electron chi connectivity index (χ4n) is 2.73. The van der Waals surface area contributed by atoms with Gasteiger partial charge in [-0.25, -0.2) is 4.39 Å². The summed E-state index contributed by atoms with van der Waals surface area (Å²) in [5, 5.41) is 3.46. The van der Waals surface area contributed by atoms with Crippen molar-refractivity contribution in [2.75, 3.05) is 26.2 Å². The van der Waals surface area contributed by atoms with Gasteiger partial charge in [-0.1, -0.05) is 12.8 Å². The molecule has 0 spiro atoms. The maximum Gasteiger partial charge on any atom is 0.141 e. The summed E-state index contributed by atoms with van der Waals surface area (Å²) in [5.41, 5.74) is 0.904. The van der Waals surface area contributed by atoms with Crippen molar-refractivity contribution in [2.45, 2.75) is 45.1 Å². The van der Waals surface area contributed by atoms with Crippen LogP contribution in [0.1, 0.15) is 50.8 Å². The zero-order valence-electron chi connectivity index (χ0n) is 12.4. The minimum atomic E-state index is -0.276. The number of hydrogen-bond acceptors (Lipinski definition) is 3. The zero-order chi connectivity index (χ0) is 14.2. The molecule has 3 nitrogen and oxygen atoms in total. The van der Waals surface area contributed by atoms with Gasteiger partial charge in [-0.2, -0.15) is 0 Å². The summed E-state index contributed by atoms with van der Waals surface area (Å²) < 4.78 is 12.8. The average molecular weight is 279 g/mol. The third-order valence-electron chi connectivity index (χ3n) is 3.99. The molecule has 0 aromatic carbocycles. The van der Waals surface area contributed by atoms with Gasteiger partial charge in [-0.3, -0.25) is 4.98 Å². The monoisotopic (exact) mass is 279 g/mol. The summed E-state index contributed by atoms with van der Waals surface area (Å²) in [5.74, 6) is -0.276. The summed E-state index contributed by atoms with van der Waals surface area (Å²) in [6.07, 6.45) is 7.92. The summed E-state index contributed by atoms with van der Waals surface area (Å²) in [6.45, 7) is 6.75. The third-order valence-corrected chi connectivity index (χ3v) is 3.99. The predicted octanol–water partition coefficient (Wildman–Crippen LogP) is 3.14. The van der Waals surface area contributed by atoms with Crippen LogP contribution in [-0.2, 0) is 0 Å². The molecule has 1 atom stereocenters.